The van der Waals surface area contributed by atoms with E-state index in [4.69, 9.17) is 4.74 Å². The molecule has 13 heavy (non-hydrogen) atoms. The second-order valence-electron chi connectivity index (χ2n) is 2.86. The molecule has 0 saturated heterocycles. The Kier molecular flexibility index (Phi) is 1.96. The van der Waals surface area contributed by atoms with E-state index in [-0.39, 0.29) is 5.13 Å². The minimum Gasteiger partial charge on any atom is -0.492 e. The van der Waals surface area contributed by atoms with Gasteiger partial charge in [-0.3, -0.25) is 0 Å². The summed E-state index contributed by atoms with van der Waals surface area (Å²) in [5.41, 5.74) is 1.09. The third kappa shape index (κ3) is 1.20. The first-order chi connectivity index (χ1) is 6.24. The highest BCUT2D eigenvalue weighted by molar-refractivity contribution is 7.18. The topological polar surface area (TPSA) is 9.23 Å². The number of ether oxygens (including phenoxy) is 1. The molecule has 0 aliphatic rings. The lowest BCUT2D eigenvalue weighted by molar-refractivity contribution is 0.398. The number of benzene rings is 1. The van der Waals surface area contributed by atoms with Crippen LogP contribution in [0.25, 0.3) is 10.1 Å². The average Bonchev–Trinajstić information content (AvgIpc) is 2.43. The fourth-order valence-corrected chi connectivity index (χ4v) is 2.36. The van der Waals surface area contributed by atoms with Gasteiger partial charge < -0.3 is 4.74 Å². The van der Waals surface area contributed by atoms with Gasteiger partial charge in [0.05, 0.1) is 7.11 Å². The van der Waals surface area contributed by atoms with E-state index < -0.39 is 0 Å². The monoisotopic (exact) mass is 196 g/mol. The van der Waals surface area contributed by atoms with Crippen LogP contribution in [0.3, 0.4) is 0 Å². The van der Waals surface area contributed by atoms with Crippen molar-refractivity contribution in [1.29, 1.82) is 0 Å². The fourth-order valence-electron chi connectivity index (χ4n) is 1.40. The molecule has 0 radical (unpaired) electrons. The minimum atomic E-state index is -0.244. The second-order valence-corrected chi connectivity index (χ2v) is 3.83. The first kappa shape index (κ1) is 8.51. The minimum absolute atomic E-state index is 0.244. The summed E-state index contributed by atoms with van der Waals surface area (Å²) in [6, 6.07) is 5.75. The van der Waals surface area contributed by atoms with E-state index >= 15 is 0 Å². The van der Waals surface area contributed by atoms with E-state index in [9.17, 15) is 4.39 Å². The van der Waals surface area contributed by atoms with Crippen molar-refractivity contribution in [3.63, 3.8) is 0 Å². The van der Waals surface area contributed by atoms with Gasteiger partial charge in [-0.05, 0) is 18.6 Å². The number of halogens is 1. The van der Waals surface area contributed by atoms with E-state index in [2.05, 4.69) is 0 Å². The summed E-state index contributed by atoms with van der Waals surface area (Å²) in [4.78, 5) is 0. The summed E-state index contributed by atoms with van der Waals surface area (Å²) in [5.74, 6) is 0.365. The van der Waals surface area contributed by atoms with Gasteiger partial charge >= 0.3 is 0 Å². The highest BCUT2D eigenvalue weighted by Gasteiger charge is 2.12. The molecule has 0 atom stereocenters. The van der Waals surface area contributed by atoms with Crippen LogP contribution < -0.4 is 4.74 Å². The largest absolute Gasteiger partial charge is 0.492 e. The molecule has 0 amide bonds. The van der Waals surface area contributed by atoms with Crippen LogP contribution in [0.15, 0.2) is 18.2 Å². The van der Waals surface area contributed by atoms with Gasteiger partial charge in [0.1, 0.15) is 0 Å². The van der Waals surface area contributed by atoms with Crippen molar-refractivity contribution in [2.45, 2.75) is 6.92 Å². The molecule has 0 spiro atoms. The Labute approximate surface area is 79.8 Å². The van der Waals surface area contributed by atoms with Crippen LogP contribution in [0.5, 0.6) is 5.75 Å². The molecule has 0 aliphatic heterocycles. The van der Waals surface area contributed by atoms with Gasteiger partial charge in [-0.2, -0.15) is 4.39 Å². The van der Waals surface area contributed by atoms with E-state index in [1.54, 1.807) is 0 Å². The molecule has 0 bridgehead atoms. The first-order valence-electron chi connectivity index (χ1n) is 3.95. The molecular formula is C10H9FOS. The Bertz CT molecular complexity index is 447. The highest BCUT2D eigenvalue weighted by atomic mass is 32.1. The number of thiophene rings is 1. The summed E-state index contributed by atoms with van der Waals surface area (Å²) in [6.07, 6.45) is 0. The Morgan fingerprint density at radius 1 is 1.38 bits per heavy atom. The molecule has 2 rings (SSSR count). The number of fused-ring (bicyclic) bond motifs is 1. The van der Waals surface area contributed by atoms with E-state index in [0.29, 0.717) is 5.75 Å². The predicted octanol–water partition coefficient (Wildman–Crippen LogP) is 3.36. The molecule has 0 N–H and O–H groups in total. The fraction of sp³-hybridized carbons (Fsp3) is 0.200. The lowest BCUT2D eigenvalue weighted by Crippen LogP contribution is -1.82. The average molecular weight is 196 g/mol. The third-order valence-electron chi connectivity index (χ3n) is 2.03. The van der Waals surface area contributed by atoms with E-state index in [1.165, 1.54) is 7.11 Å². The molecule has 1 nitrogen and oxygen atoms in total. The molecule has 1 aromatic carbocycles. The summed E-state index contributed by atoms with van der Waals surface area (Å²) < 4.78 is 19.2. The maximum Gasteiger partial charge on any atom is 0.219 e. The maximum absolute atomic E-state index is 13.3. The predicted molar refractivity (Wildman–Crippen MR) is 53.1 cm³/mol. The lowest BCUT2D eigenvalue weighted by atomic mass is 10.2. The molecular weight excluding hydrogens is 187 g/mol. The van der Waals surface area contributed by atoms with Gasteiger partial charge in [-0.1, -0.05) is 12.1 Å². The summed E-state index contributed by atoms with van der Waals surface area (Å²) in [6.45, 7) is 1.97. The molecule has 1 heterocycles. The summed E-state index contributed by atoms with van der Waals surface area (Å²) in [5, 5.41) is 0.622. The summed E-state index contributed by atoms with van der Waals surface area (Å²) in [7, 11) is 1.49. The smallest absolute Gasteiger partial charge is 0.219 e. The number of aryl methyl sites for hydroxylation is 1. The van der Waals surface area contributed by atoms with Gasteiger partial charge in [0, 0.05) is 10.1 Å². The van der Waals surface area contributed by atoms with Gasteiger partial charge in [0.15, 0.2) is 5.75 Å². The number of hydrogen-bond donors (Lipinski definition) is 0. The zero-order valence-electron chi connectivity index (χ0n) is 7.43. The van der Waals surface area contributed by atoms with Gasteiger partial charge in [-0.15, -0.1) is 11.3 Å². The maximum atomic E-state index is 13.3. The standard InChI is InChI=1S/C10H9FOS/c1-6-4-3-5-7-8(12-2)10(11)13-9(6)7/h3-5H,1-2H3. The number of hydrogen-bond acceptors (Lipinski definition) is 2. The molecule has 0 aliphatic carbocycles. The van der Waals surface area contributed by atoms with Crippen LogP contribution in [0.2, 0.25) is 0 Å². The van der Waals surface area contributed by atoms with Crippen molar-refractivity contribution in [3.05, 3.63) is 28.9 Å². The Hall–Kier alpha value is -1.09. The van der Waals surface area contributed by atoms with E-state index in [1.807, 2.05) is 25.1 Å². The van der Waals surface area contributed by atoms with Crippen LogP contribution in [0.1, 0.15) is 5.56 Å². The van der Waals surface area contributed by atoms with Crippen LogP contribution in [0, 0.1) is 12.1 Å². The van der Waals surface area contributed by atoms with Crippen molar-refractivity contribution in [3.8, 4) is 5.75 Å². The Morgan fingerprint density at radius 2 is 2.15 bits per heavy atom. The van der Waals surface area contributed by atoms with Gasteiger partial charge in [0.25, 0.3) is 0 Å². The number of methoxy groups -OCH3 is 1. The molecule has 0 unspecified atom stereocenters. The Morgan fingerprint density at radius 3 is 2.85 bits per heavy atom. The van der Waals surface area contributed by atoms with E-state index in [0.717, 1.165) is 27.0 Å². The van der Waals surface area contributed by atoms with Crippen molar-refractivity contribution < 1.29 is 9.13 Å². The molecule has 3 heteroatoms. The quantitative estimate of drug-likeness (QED) is 0.679. The van der Waals surface area contributed by atoms with Crippen molar-refractivity contribution in [2.24, 2.45) is 0 Å². The van der Waals surface area contributed by atoms with Gasteiger partial charge in [-0.25, -0.2) is 0 Å². The zero-order chi connectivity index (χ0) is 9.42. The van der Waals surface area contributed by atoms with Crippen LogP contribution in [0.4, 0.5) is 4.39 Å². The lowest BCUT2D eigenvalue weighted by Gasteiger charge is -1.97. The number of rotatable bonds is 1. The van der Waals surface area contributed by atoms with Gasteiger partial charge in [0.2, 0.25) is 5.13 Å². The molecule has 1 aromatic heterocycles. The van der Waals surface area contributed by atoms with Crippen LogP contribution >= 0.6 is 11.3 Å². The summed E-state index contributed by atoms with van der Waals surface area (Å²) >= 11 is 1.14. The van der Waals surface area contributed by atoms with Crippen molar-refractivity contribution >= 4 is 21.4 Å². The normalized spacial score (nSPS) is 10.7. The molecule has 2 aromatic rings. The van der Waals surface area contributed by atoms with Crippen LogP contribution in [-0.2, 0) is 0 Å². The SMILES string of the molecule is COc1c(F)sc2c(C)cccc12. The molecule has 0 fully saturated rings. The van der Waals surface area contributed by atoms with Crippen LogP contribution in [-0.4, -0.2) is 7.11 Å². The highest BCUT2D eigenvalue weighted by Crippen LogP contribution is 2.37. The Balaban J connectivity index is 2.86. The van der Waals surface area contributed by atoms with Crippen molar-refractivity contribution in [1.82, 2.24) is 0 Å². The second kappa shape index (κ2) is 3.00. The zero-order valence-corrected chi connectivity index (χ0v) is 8.24. The first-order valence-corrected chi connectivity index (χ1v) is 4.77. The molecule has 68 valence electrons. The molecule has 0 saturated carbocycles. The van der Waals surface area contributed by atoms with Crippen molar-refractivity contribution in [2.75, 3.05) is 7.11 Å². The third-order valence-corrected chi connectivity index (χ3v) is 3.14.